The summed E-state index contributed by atoms with van der Waals surface area (Å²) in [5.41, 5.74) is 0. The van der Waals surface area contributed by atoms with Crippen molar-refractivity contribution in [3.05, 3.63) is 30.3 Å². The Morgan fingerprint density at radius 3 is 2.17 bits per heavy atom. The van der Waals surface area contributed by atoms with Gasteiger partial charge in [0.15, 0.2) is 0 Å². The highest BCUT2D eigenvalue weighted by molar-refractivity contribution is 7.89. The molecule has 0 unspecified atom stereocenters. The van der Waals surface area contributed by atoms with Crippen LogP contribution in [-0.4, -0.2) is 55.9 Å². The van der Waals surface area contributed by atoms with E-state index < -0.39 is 10.0 Å². The van der Waals surface area contributed by atoms with Gasteiger partial charge in [0.25, 0.3) is 0 Å². The largest absolute Gasteiger partial charge is 0.335 e. The van der Waals surface area contributed by atoms with Gasteiger partial charge in [-0.3, -0.25) is 0 Å². The lowest BCUT2D eigenvalue weighted by Gasteiger charge is -2.34. The summed E-state index contributed by atoms with van der Waals surface area (Å²) in [4.78, 5) is 14.2. The number of hydrogen-bond acceptors (Lipinski definition) is 3. The van der Waals surface area contributed by atoms with E-state index in [0.717, 1.165) is 12.8 Å². The van der Waals surface area contributed by atoms with Crippen LogP contribution in [0.1, 0.15) is 26.7 Å². The van der Waals surface area contributed by atoms with Gasteiger partial charge in [0.2, 0.25) is 10.0 Å². The van der Waals surface area contributed by atoms with Gasteiger partial charge in [-0.1, -0.05) is 32.0 Å². The van der Waals surface area contributed by atoms with Gasteiger partial charge in [0.1, 0.15) is 0 Å². The van der Waals surface area contributed by atoms with E-state index in [0.29, 0.717) is 31.1 Å². The summed E-state index contributed by atoms with van der Waals surface area (Å²) in [5, 5.41) is 2.99. The third kappa shape index (κ3) is 4.23. The van der Waals surface area contributed by atoms with Gasteiger partial charge in [-0.05, 0) is 25.0 Å². The van der Waals surface area contributed by atoms with Crippen LogP contribution < -0.4 is 5.32 Å². The summed E-state index contributed by atoms with van der Waals surface area (Å²) in [6.07, 6.45) is 1.79. The zero-order valence-electron chi connectivity index (χ0n) is 13.7. The summed E-state index contributed by atoms with van der Waals surface area (Å²) in [5.74, 6) is 0. The SMILES string of the molecule is CCC(CC)NC(=O)N1CCN(S(=O)(=O)c2ccccc2)CC1. The normalized spacial score (nSPS) is 16.6. The van der Waals surface area contributed by atoms with Gasteiger partial charge >= 0.3 is 6.03 Å². The monoisotopic (exact) mass is 339 g/mol. The zero-order valence-corrected chi connectivity index (χ0v) is 14.6. The van der Waals surface area contributed by atoms with Crippen molar-refractivity contribution in [3.63, 3.8) is 0 Å². The molecule has 0 atom stereocenters. The van der Waals surface area contributed by atoms with Crippen molar-refractivity contribution in [3.8, 4) is 0 Å². The number of sulfonamides is 1. The quantitative estimate of drug-likeness (QED) is 0.890. The lowest BCUT2D eigenvalue weighted by atomic mass is 10.2. The Morgan fingerprint density at radius 2 is 1.65 bits per heavy atom. The highest BCUT2D eigenvalue weighted by Crippen LogP contribution is 2.17. The van der Waals surface area contributed by atoms with Crippen molar-refractivity contribution < 1.29 is 13.2 Å². The van der Waals surface area contributed by atoms with E-state index in [1.165, 1.54) is 4.31 Å². The molecule has 0 spiro atoms. The molecular weight excluding hydrogens is 314 g/mol. The first-order valence-electron chi connectivity index (χ1n) is 8.09. The van der Waals surface area contributed by atoms with Crippen LogP contribution in [0.5, 0.6) is 0 Å². The number of hydrogen-bond donors (Lipinski definition) is 1. The molecule has 0 aromatic heterocycles. The van der Waals surface area contributed by atoms with Gasteiger partial charge in [0.05, 0.1) is 4.90 Å². The van der Waals surface area contributed by atoms with E-state index in [-0.39, 0.29) is 12.1 Å². The lowest BCUT2D eigenvalue weighted by Crippen LogP contribution is -2.54. The molecule has 6 nitrogen and oxygen atoms in total. The van der Waals surface area contributed by atoms with Crippen LogP contribution >= 0.6 is 0 Å². The standard InChI is InChI=1S/C16H25N3O3S/c1-3-14(4-2)17-16(20)18-10-12-19(13-11-18)23(21,22)15-8-6-5-7-9-15/h5-9,14H,3-4,10-13H2,1-2H3,(H,17,20). The number of nitrogens with one attached hydrogen (secondary N) is 1. The second-order valence-electron chi connectivity index (χ2n) is 5.67. The van der Waals surface area contributed by atoms with E-state index in [2.05, 4.69) is 5.32 Å². The van der Waals surface area contributed by atoms with Crippen molar-refractivity contribution in [1.29, 1.82) is 0 Å². The van der Waals surface area contributed by atoms with Crippen LogP contribution in [0.2, 0.25) is 0 Å². The maximum Gasteiger partial charge on any atom is 0.317 e. The first-order valence-corrected chi connectivity index (χ1v) is 9.53. The van der Waals surface area contributed by atoms with Gasteiger partial charge in [-0.2, -0.15) is 4.31 Å². The number of piperazine rings is 1. The molecule has 0 aliphatic carbocycles. The molecule has 2 amide bonds. The van der Waals surface area contributed by atoms with Gasteiger partial charge < -0.3 is 10.2 Å². The average molecular weight is 339 g/mol. The Kier molecular flexibility index (Phi) is 6.01. The van der Waals surface area contributed by atoms with E-state index in [4.69, 9.17) is 0 Å². The average Bonchev–Trinajstić information content (AvgIpc) is 2.60. The molecule has 23 heavy (non-hydrogen) atoms. The fourth-order valence-electron chi connectivity index (χ4n) is 2.63. The van der Waals surface area contributed by atoms with Gasteiger partial charge in [-0.25, -0.2) is 13.2 Å². The lowest BCUT2D eigenvalue weighted by molar-refractivity contribution is 0.168. The highest BCUT2D eigenvalue weighted by atomic mass is 32.2. The predicted molar refractivity (Wildman–Crippen MR) is 89.7 cm³/mol. The van der Waals surface area contributed by atoms with E-state index in [1.54, 1.807) is 35.2 Å². The van der Waals surface area contributed by atoms with E-state index in [1.807, 2.05) is 13.8 Å². The second-order valence-corrected chi connectivity index (χ2v) is 7.61. The van der Waals surface area contributed by atoms with Crippen LogP contribution in [0.3, 0.4) is 0 Å². The van der Waals surface area contributed by atoms with Crippen molar-refractivity contribution in [2.75, 3.05) is 26.2 Å². The maximum atomic E-state index is 12.5. The summed E-state index contributed by atoms with van der Waals surface area (Å²) >= 11 is 0. The molecule has 1 fully saturated rings. The number of carbonyl (C=O) groups is 1. The molecule has 1 aliphatic heterocycles. The van der Waals surface area contributed by atoms with Crippen LogP contribution in [0, 0.1) is 0 Å². The molecule has 1 aromatic rings. The molecule has 1 N–H and O–H groups in total. The number of nitrogens with zero attached hydrogens (tertiary/aromatic N) is 2. The van der Waals surface area contributed by atoms with Crippen LogP contribution in [0.25, 0.3) is 0 Å². The molecule has 0 saturated carbocycles. The highest BCUT2D eigenvalue weighted by Gasteiger charge is 2.30. The summed E-state index contributed by atoms with van der Waals surface area (Å²) in [7, 11) is -3.47. The van der Waals surface area contributed by atoms with Crippen LogP contribution in [-0.2, 0) is 10.0 Å². The van der Waals surface area contributed by atoms with Crippen LogP contribution in [0.4, 0.5) is 4.79 Å². The molecule has 1 saturated heterocycles. The van der Waals surface area contributed by atoms with Crippen LogP contribution in [0.15, 0.2) is 35.2 Å². The van der Waals surface area contributed by atoms with Crippen molar-refractivity contribution in [1.82, 2.24) is 14.5 Å². The smallest absolute Gasteiger partial charge is 0.317 e. The molecular formula is C16H25N3O3S. The summed E-state index contributed by atoms with van der Waals surface area (Å²) in [6, 6.07) is 8.49. The molecule has 128 valence electrons. The predicted octanol–water partition coefficient (Wildman–Crippen LogP) is 1.89. The Bertz CT molecular complexity index is 607. The molecule has 2 rings (SSSR count). The molecule has 1 heterocycles. The van der Waals surface area contributed by atoms with Crippen molar-refractivity contribution >= 4 is 16.1 Å². The molecule has 0 bridgehead atoms. The minimum absolute atomic E-state index is 0.101. The number of rotatable bonds is 5. The Hall–Kier alpha value is -1.60. The zero-order chi connectivity index (χ0) is 16.9. The Balaban J connectivity index is 1.95. The van der Waals surface area contributed by atoms with Crippen molar-refractivity contribution in [2.45, 2.75) is 37.6 Å². The molecule has 7 heteroatoms. The Morgan fingerprint density at radius 1 is 1.09 bits per heavy atom. The minimum atomic E-state index is -3.47. The third-order valence-electron chi connectivity index (χ3n) is 4.22. The topological polar surface area (TPSA) is 69.7 Å². The van der Waals surface area contributed by atoms with Crippen molar-refractivity contribution in [2.24, 2.45) is 0 Å². The number of amides is 2. The number of urea groups is 1. The number of benzene rings is 1. The maximum absolute atomic E-state index is 12.5. The van der Waals surface area contributed by atoms with Gasteiger partial charge in [0, 0.05) is 32.2 Å². The van der Waals surface area contributed by atoms with Gasteiger partial charge in [-0.15, -0.1) is 0 Å². The fourth-order valence-corrected chi connectivity index (χ4v) is 4.08. The summed E-state index contributed by atoms with van der Waals surface area (Å²) < 4.78 is 26.5. The van der Waals surface area contributed by atoms with E-state index >= 15 is 0 Å². The first kappa shape index (κ1) is 17.7. The molecule has 0 radical (unpaired) electrons. The molecule has 1 aliphatic rings. The minimum Gasteiger partial charge on any atom is -0.335 e. The fraction of sp³-hybridized carbons (Fsp3) is 0.562. The molecule has 1 aromatic carbocycles. The number of carbonyl (C=O) groups excluding carboxylic acids is 1. The first-order chi connectivity index (χ1) is 11.0. The van der Waals surface area contributed by atoms with E-state index in [9.17, 15) is 13.2 Å². The third-order valence-corrected chi connectivity index (χ3v) is 6.13. The summed E-state index contributed by atoms with van der Waals surface area (Å²) in [6.45, 7) is 5.56. The second kappa shape index (κ2) is 7.79. The Labute approximate surface area is 138 Å².